The number of hydrogen-bond donors (Lipinski definition) is 0. The maximum atomic E-state index is 13.4. The van der Waals surface area contributed by atoms with Crippen molar-refractivity contribution in [2.24, 2.45) is 0 Å². The van der Waals surface area contributed by atoms with Crippen LogP contribution in [0.1, 0.15) is 53.2 Å². The minimum absolute atomic E-state index is 0.0802. The van der Waals surface area contributed by atoms with E-state index in [0.29, 0.717) is 48.4 Å². The summed E-state index contributed by atoms with van der Waals surface area (Å²) in [6.45, 7) is 5.07. The van der Waals surface area contributed by atoms with E-state index in [2.05, 4.69) is 15.2 Å². The lowest BCUT2D eigenvalue weighted by Gasteiger charge is -2.31. The lowest BCUT2D eigenvalue weighted by Crippen LogP contribution is -2.41. The van der Waals surface area contributed by atoms with Gasteiger partial charge in [0.05, 0.1) is 16.9 Å². The van der Waals surface area contributed by atoms with E-state index in [4.69, 9.17) is 4.42 Å². The van der Waals surface area contributed by atoms with Crippen LogP contribution in [0.25, 0.3) is 22.5 Å². The smallest absolute Gasteiger partial charge is 0.416 e. The number of carbonyl (C=O) groups excluding carboxylic acids is 1. The molecule has 3 aromatic heterocycles. The number of likely N-dealkylation sites (tertiary alicyclic amines) is 1. The predicted octanol–water partition coefficient (Wildman–Crippen LogP) is 4.81. The Kier molecular flexibility index (Phi) is 6.30. The van der Waals surface area contributed by atoms with Crippen LogP contribution in [-0.4, -0.2) is 43.6 Å². The van der Waals surface area contributed by atoms with Crippen LogP contribution in [0.2, 0.25) is 0 Å². The van der Waals surface area contributed by atoms with E-state index in [1.807, 2.05) is 13.8 Å². The minimum atomic E-state index is -4.43. The Labute approximate surface area is 209 Å². The quantitative estimate of drug-likeness (QED) is 0.390. The Hall–Kier alpha value is -4.02. The van der Waals surface area contributed by atoms with E-state index in [9.17, 15) is 22.8 Å². The molecule has 0 N–H and O–H groups in total. The Bertz CT molecular complexity index is 1530. The van der Waals surface area contributed by atoms with Gasteiger partial charge in [0, 0.05) is 37.1 Å². The molecule has 0 bridgehead atoms. The molecule has 37 heavy (non-hydrogen) atoms. The minimum Gasteiger partial charge on any atom is -0.420 e. The molecule has 1 unspecified atom stereocenters. The second-order valence-corrected chi connectivity index (χ2v) is 9.09. The fourth-order valence-corrected chi connectivity index (χ4v) is 4.60. The van der Waals surface area contributed by atoms with Crippen LogP contribution < -0.4 is 5.43 Å². The van der Waals surface area contributed by atoms with Crippen LogP contribution in [0.4, 0.5) is 13.2 Å². The normalized spacial score (nSPS) is 16.4. The van der Waals surface area contributed by atoms with Gasteiger partial charge in [-0.3, -0.25) is 9.59 Å². The third-order valence-electron chi connectivity index (χ3n) is 6.59. The van der Waals surface area contributed by atoms with Gasteiger partial charge in [0.2, 0.25) is 17.2 Å². The molecule has 0 radical (unpaired) electrons. The zero-order valence-electron chi connectivity index (χ0n) is 20.2. The van der Waals surface area contributed by atoms with Gasteiger partial charge in [0.1, 0.15) is 11.2 Å². The summed E-state index contributed by atoms with van der Waals surface area (Å²) in [7, 11) is 0. The van der Waals surface area contributed by atoms with Gasteiger partial charge >= 0.3 is 6.18 Å². The average molecular weight is 512 g/mol. The van der Waals surface area contributed by atoms with Crippen LogP contribution in [0.5, 0.6) is 0 Å². The molecule has 4 heterocycles. The highest BCUT2D eigenvalue weighted by molar-refractivity contribution is 5.97. The highest BCUT2D eigenvalue weighted by atomic mass is 19.4. The molecule has 0 saturated carbocycles. The van der Waals surface area contributed by atoms with Crippen molar-refractivity contribution in [3.63, 3.8) is 0 Å². The summed E-state index contributed by atoms with van der Waals surface area (Å²) in [5, 5.41) is 8.49. The Morgan fingerprint density at radius 3 is 2.59 bits per heavy atom. The number of aryl methyl sites for hydroxylation is 2. The monoisotopic (exact) mass is 511 g/mol. The number of benzene rings is 1. The highest BCUT2D eigenvalue weighted by Gasteiger charge is 2.32. The molecule has 1 saturated heterocycles. The molecule has 1 atom stereocenters. The number of aromatic nitrogens is 4. The van der Waals surface area contributed by atoms with Crippen LogP contribution in [0.3, 0.4) is 0 Å². The largest absolute Gasteiger partial charge is 0.420 e. The summed E-state index contributed by atoms with van der Waals surface area (Å²) in [5.41, 5.74) is 0.651. The van der Waals surface area contributed by atoms with Crippen LogP contribution in [0, 0.1) is 6.92 Å². The molecule has 0 aliphatic carbocycles. The second-order valence-electron chi connectivity index (χ2n) is 9.09. The van der Waals surface area contributed by atoms with Crippen LogP contribution in [-0.2, 0) is 12.7 Å². The number of piperidine rings is 1. The van der Waals surface area contributed by atoms with Crippen LogP contribution in [0.15, 0.2) is 51.8 Å². The zero-order chi connectivity index (χ0) is 26.3. The molecule has 1 aromatic carbocycles. The van der Waals surface area contributed by atoms with E-state index < -0.39 is 11.7 Å². The number of halogens is 3. The molecular weight excluding hydrogens is 487 g/mol. The molecular formula is C26H24F3N5O3. The molecule has 4 aromatic rings. The van der Waals surface area contributed by atoms with Gasteiger partial charge in [-0.2, -0.15) is 13.2 Å². The first-order chi connectivity index (χ1) is 17.7. The SMILES string of the molecule is CCn1cc(C(=O)N2CCCC(c3nnc(-c4ccc(C(F)(F)F)cc4)o3)C2)c(=O)c2ccc(C)nc21. The van der Waals surface area contributed by atoms with Crippen molar-refractivity contribution in [1.82, 2.24) is 24.6 Å². The van der Waals surface area contributed by atoms with Gasteiger partial charge in [-0.25, -0.2) is 4.98 Å². The summed E-state index contributed by atoms with van der Waals surface area (Å²) in [5.74, 6) is -0.222. The first-order valence-electron chi connectivity index (χ1n) is 12.0. The summed E-state index contributed by atoms with van der Waals surface area (Å²) < 4.78 is 46.1. The third-order valence-corrected chi connectivity index (χ3v) is 6.59. The van der Waals surface area contributed by atoms with Crippen LogP contribution >= 0.6 is 0 Å². The molecule has 1 fully saturated rings. The predicted molar refractivity (Wildman–Crippen MR) is 129 cm³/mol. The van der Waals surface area contributed by atoms with E-state index in [0.717, 1.165) is 17.8 Å². The summed E-state index contributed by atoms with van der Waals surface area (Å²) >= 11 is 0. The van der Waals surface area contributed by atoms with Gasteiger partial charge in [-0.15, -0.1) is 10.2 Å². The standard InChI is InChI=1S/C26H24F3N5O3/c1-3-33-14-20(21(35)19-11-6-15(2)30-22(19)33)25(36)34-12-4-5-17(13-34)24-32-31-23(37-24)16-7-9-18(10-8-16)26(27,28)29/h6-11,14,17H,3-5,12-13H2,1-2H3. The molecule has 8 nitrogen and oxygen atoms in total. The van der Waals surface area contributed by atoms with Gasteiger partial charge in [-0.05, 0) is 63.1 Å². The summed E-state index contributed by atoms with van der Waals surface area (Å²) in [4.78, 5) is 32.7. The lowest BCUT2D eigenvalue weighted by molar-refractivity contribution is -0.137. The number of nitrogens with zero attached hydrogens (tertiary/aromatic N) is 5. The third kappa shape index (κ3) is 4.73. The van der Waals surface area contributed by atoms with Crippen molar-refractivity contribution < 1.29 is 22.4 Å². The number of rotatable bonds is 4. The molecule has 1 amide bonds. The maximum Gasteiger partial charge on any atom is 0.416 e. The first-order valence-corrected chi connectivity index (χ1v) is 12.0. The highest BCUT2D eigenvalue weighted by Crippen LogP contribution is 2.32. The van der Waals surface area contributed by atoms with Gasteiger partial charge in [-0.1, -0.05) is 0 Å². The Balaban J connectivity index is 1.38. The number of carbonyl (C=O) groups is 1. The molecule has 1 aliphatic rings. The fourth-order valence-electron chi connectivity index (χ4n) is 4.60. The van der Waals surface area contributed by atoms with Crippen molar-refractivity contribution in [2.75, 3.05) is 13.1 Å². The fraction of sp³-hybridized carbons (Fsp3) is 0.346. The molecule has 0 spiro atoms. The van der Waals surface area contributed by atoms with Gasteiger partial charge in [0.25, 0.3) is 5.91 Å². The number of hydrogen-bond acceptors (Lipinski definition) is 6. The summed E-state index contributed by atoms with van der Waals surface area (Å²) in [6, 6.07) is 7.94. The first kappa shape index (κ1) is 24.7. The number of fused-ring (bicyclic) bond motifs is 1. The van der Waals surface area contributed by atoms with E-state index >= 15 is 0 Å². The van der Waals surface area contributed by atoms with E-state index in [-0.39, 0.29) is 35.3 Å². The van der Waals surface area contributed by atoms with Crippen molar-refractivity contribution in [1.29, 1.82) is 0 Å². The van der Waals surface area contributed by atoms with Crippen molar-refractivity contribution in [3.8, 4) is 11.5 Å². The molecule has 11 heteroatoms. The van der Waals surface area contributed by atoms with Crippen molar-refractivity contribution in [3.05, 3.63) is 75.5 Å². The topological polar surface area (TPSA) is 94.1 Å². The number of amides is 1. The molecule has 192 valence electrons. The second kappa shape index (κ2) is 9.45. The maximum absolute atomic E-state index is 13.4. The summed E-state index contributed by atoms with van der Waals surface area (Å²) in [6.07, 6.45) is -1.50. The van der Waals surface area contributed by atoms with E-state index in [1.54, 1.807) is 27.8 Å². The van der Waals surface area contributed by atoms with Gasteiger partial charge < -0.3 is 13.9 Å². The van der Waals surface area contributed by atoms with E-state index in [1.165, 1.54) is 12.1 Å². The molecule has 1 aliphatic heterocycles. The zero-order valence-corrected chi connectivity index (χ0v) is 20.2. The molecule has 5 rings (SSSR count). The average Bonchev–Trinajstić information content (AvgIpc) is 3.39. The van der Waals surface area contributed by atoms with Gasteiger partial charge in [0.15, 0.2) is 0 Å². The lowest BCUT2D eigenvalue weighted by atomic mass is 9.97. The number of alkyl halides is 3. The number of pyridine rings is 2. The Morgan fingerprint density at radius 1 is 1.14 bits per heavy atom. The Morgan fingerprint density at radius 2 is 1.89 bits per heavy atom. The van der Waals surface area contributed by atoms with Crippen molar-refractivity contribution >= 4 is 16.9 Å². The van der Waals surface area contributed by atoms with Crippen molar-refractivity contribution in [2.45, 2.75) is 45.3 Å².